The molecule has 0 heterocycles. The van der Waals surface area contributed by atoms with E-state index in [1.807, 2.05) is 6.21 Å². The molecular formula is C13H27N3O. The van der Waals surface area contributed by atoms with E-state index < -0.39 is 0 Å². The number of nitrogens with zero attached hydrogens (tertiary/aromatic N) is 2. The summed E-state index contributed by atoms with van der Waals surface area (Å²) in [7, 11) is 1.80. The van der Waals surface area contributed by atoms with Crippen molar-refractivity contribution in [3.05, 3.63) is 0 Å². The van der Waals surface area contributed by atoms with Crippen molar-refractivity contribution in [3.8, 4) is 0 Å². The molecule has 0 saturated carbocycles. The van der Waals surface area contributed by atoms with Gasteiger partial charge in [0.2, 0.25) is 0 Å². The monoisotopic (exact) mass is 241 g/mol. The van der Waals surface area contributed by atoms with E-state index >= 15 is 0 Å². The first-order valence-corrected chi connectivity index (χ1v) is 6.36. The third-order valence-corrected chi connectivity index (χ3v) is 2.20. The highest BCUT2D eigenvalue weighted by molar-refractivity contribution is 5.73. The normalized spacial score (nSPS) is 11.8. The molecule has 4 nitrogen and oxygen atoms in total. The van der Waals surface area contributed by atoms with E-state index in [9.17, 15) is 4.79 Å². The average molecular weight is 241 g/mol. The summed E-state index contributed by atoms with van der Waals surface area (Å²) in [5.41, 5.74) is 0.113. The largest absolute Gasteiger partial charge is 0.338 e. The number of hydrogen-bond acceptors (Lipinski definition) is 2. The number of aliphatic imine (C=N–C) groups is 1. The Balaban J connectivity index is 3.74. The Bertz CT molecular complexity index is 244. The van der Waals surface area contributed by atoms with Gasteiger partial charge >= 0.3 is 6.03 Å². The first-order chi connectivity index (χ1) is 7.87. The third kappa shape index (κ3) is 9.85. The van der Waals surface area contributed by atoms with Crippen LogP contribution in [0.25, 0.3) is 0 Å². The Hall–Kier alpha value is -1.06. The van der Waals surface area contributed by atoms with Gasteiger partial charge in [0.15, 0.2) is 0 Å². The number of carbonyl (C=O) groups excluding carboxylic acids is 1. The van der Waals surface area contributed by atoms with Gasteiger partial charge in [-0.15, -0.1) is 0 Å². The van der Waals surface area contributed by atoms with Crippen LogP contribution >= 0.6 is 0 Å². The molecule has 100 valence electrons. The summed E-state index contributed by atoms with van der Waals surface area (Å²) in [6.45, 7) is 10.5. The van der Waals surface area contributed by atoms with Crippen molar-refractivity contribution in [2.45, 2.75) is 40.5 Å². The molecule has 0 unspecified atom stereocenters. The molecule has 17 heavy (non-hydrogen) atoms. The zero-order valence-electron chi connectivity index (χ0n) is 11.9. The van der Waals surface area contributed by atoms with Gasteiger partial charge in [0.25, 0.3) is 0 Å². The molecule has 1 N–H and O–H groups in total. The predicted molar refractivity (Wildman–Crippen MR) is 73.8 cm³/mol. The SMILES string of the molecule is CCCCNC(=O)N(C)CCN=CC(C)(C)C. The smallest absolute Gasteiger partial charge is 0.317 e. The molecule has 0 rings (SSSR count). The van der Waals surface area contributed by atoms with Crippen molar-refractivity contribution in [1.29, 1.82) is 0 Å². The second-order valence-electron chi connectivity index (χ2n) is 5.41. The fraction of sp³-hybridized carbons (Fsp3) is 0.846. The van der Waals surface area contributed by atoms with Crippen LogP contribution < -0.4 is 5.32 Å². The summed E-state index contributed by atoms with van der Waals surface area (Å²) < 4.78 is 0. The Labute approximate surface area is 105 Å². The fourth-order valence-electron chi connectivity index (χ4n) is 1.15. The predicted octanol–water partition coefficient (Wildman–Crippen LogP) is 2.54. The van der Waals surface area contributed by atoms with Crippen molar-refractivity contribution >= 4 is 12.2 Å². The van der Waals surface area contributed by atoms with Crippen LogP contribution in [-0.4, -0.2) is 43.8 Å². The average Bonchev–Trinajstić information content (AvgIpc) is 2.23. The van der Waals surface area contributed by atoms with Crippen LogP contribution in [0.2, 0.25) is 0 Å². The van der Waals surface area contributed by atoms with Gasteiger partial charge in [-0.1, -0.05) is 34.1 Å². The number of likely N-dealkylation sites (N-methyl/N-ethyl adjacent to an activating group) is 1. The first kappa shape index (κ1) is 15.9. The number of hydrogen-bond donors (Lipinski definition) is 1. The maximum absolute atomic E-state index is 11.6. The molecule has 0 aromatic heterocycles. The Morgan fingerprint density at radius 1 is 1.41 bits per heavy atom. The van der Waals surface area contributed by atoms with Gasteiger partial charge in [-0.05, 0) is 11.8 Å². The molecule has 0 aromatic rings. The Kier molecular flexibility index (Phi) is 7.59. The van der Waals surface area contributed by atoms with Crippen LogP contribution in [0.1, 0.15) is 40.5 Å². The van der Waals surface area contributed by atoms with Crippen molar-refractivity contribution in [2.24, 2.45) is 10.4 Å². The highest BCUT2D eigenvalue weighted by Crippen LogP contribution is 2.07. The molecule has 0 spiro atoms. The van der Waals surface area contributed by atoms with Crippen molar-refractivity contribution in [1.82, 2.24) is 10.2 Å². The van der Waals surface area contributed by atoms with Crippen LogP contribution in [-0.2, 0) is 0 Å². The molecule has 0 aliphatic carbocycles. The molecule has 0 aliphatic rings. The minimum absolute atomic E-state index is 0.00981. The lowest BCUT2D eigenvalue weighted by Crippen LogP contribution is -2.39. The topological polar surface area (TPSA) is 44.7 Å². The molecule has 0 radical (unpaired) electrons. The summed E-state index contributed by atoms with van der Waals surface area (Å²) in [5.74, 6) is 0. The number of amides is 2. The summed E-state index contributed by atoms with van der Waals surface area (Å²) in [6.07, 6.45) is 4.07. The third-order valence-electron chi connectivity index (χ3n) is 2.20. The van der Waals surface area contributed by atoms with Crippen LogP contribution in [0.15, 0.2) is 4.99 Å². The molecule has 0 saturated heterocycles. The lowest BCUT2D eigenvalue weighted by Gasteiger charge is -2.17. The Morgan fingerprint density at radius 3 is 2.59 bits per heavy atom. The first-order valence-electron chi connectivity index (χ1n) is 6.36. The van der Waals surface area contributed by atoms with Gasteiger partial charge < -0.3 is 10.2 Å². The van der Waals surface area contributed by atoms with Gasteiger partial charge in [-0.2, -0.15) is 0 Å². The van der Waals surface area contributed by atoms with E-state index in [2.05, 4.69) is 38.0 Å². The van der Waals surface area contributed by atoms with E-state index in [4.69, 9.17) is 0 Å². The molecule has 4 heteroatoms. The molecular weight excluding hydrogens is 214 g/mol. The maximum atomic E-state index is 11.6. The van der Waals surface area contributed by atoms with Crippen LogP contribution in [0.5, 0.6) is 0 Å². The Morgan fingerprint density at radius 2 is 2.06 bits per heavy atom. The fourth-order valence-corrected chi connectivity index (χ4v) is 1.15. The van der Waals surface area contributed by atoms with E-state index in [0.717, 1.165) is 19.4 Å². The van der Waals surface area contributed by atoms with Crippen molar-refractivity contribution in [2.75, 3.05) is 26.7 Å². The van der Waals surface area contributed by atoms with Crippen LogP contribution in [0, 0.1) is 5.41 Å². The number of unbranched alkanes of at least 4 members (excludes halogenated alkanes) is 1. The summed E-state index contributed by atoms with van der Waals surface area (Å²) in [4.78, 5) is 17.6. The molecule has 0 fully saturated rings. The van der Waals surface area contributed by atoms with Crippen molar-refractivity contribution in [3.63, 3.8) is 0 Å². The number of urea groups is 1. The van der Waals surface area contributed by atoms with Crippen LogP contribution in [0.3, 0.4) is 0 Å². The van der Waals surface area contributed by atoms with Gasteiger partial charge in [0, 0.05) is 26.4 Å². The molecule has 0 atom stereocenters. The zero-order chi connectivity index (χ0) is 13.3. The minimum Gasteiger partial charge on any atom is -0.338 e. The van der Waals surface area contributed by atoms with Gasteiger partial charge in [0.05, 0.1) is 6.54 Å². The van der Waals surface area contributed by atoms with E-state index in [0.29, 0.717) is 13.1 Å². The van der Waals surface area contributed by atoms with Gasteiger partial charge in [-0.25, -0.2) is 4.79 Å². The second-order valence-corrected chi connectivity index (χ2v) is 5.41. The molecule has 2 amide bonds. The lowest BCUT2D eigenvalue weighted by atomic mass is 9.99. The quantitative estimate of drug-likeness (QED) is 0.563. The summed E-state index contributed by atoms with van der Waals surface area (Å²) >= 11 is 0. The zero-order valence-corrected chi connectivity index (χ0v) is 11.9. The van der Waals surface area contributed by atoms with Gasteiger partial charge in [-0.3, -0.25) is 4.99 Å². The molecule has 0 aromatic carbocycles. The number of nitrogens with one attached hydrogen (secondary N) is 1. The number of rotatable bonds is 6. The minimum atomic E-state index is -0.00981. The molecule has 0 aliphatic heterocycles. The van der Waals surface area contributed by atoms with E-state index in [-0.39, 0.29) is 11.4 Å². The molecule has 0 bridgehead atoms. The van der Waals surface area contributed by atoms with Crippen molar-refractivity contribution < 1.29 is 4.79 Å². The number of carbonyl (C=O) groups is 1. The summed E-state index contributed by atoms with van der Waals surface area (Å²) in [5, 5.41) is 2.88. The summed E-state index contributed by atoms with van der Waals surface area (Å²) in [6, 6.07) is -0.00981. The highest BCUT2D eigenvalue weighted by atomic mass is 16.2. The van der Waals surface area contributed by atoms with E-state index in [1.54, 1.807) is 11.9 Å². The standard InChI is InChI=1S/C13H27N3O/c1-6-7-8-15-12(17)16(5)10-9-14-11-13(2,3)4/h11H,6-10H2,1-5H3,(H,15,17). The highest BCUT2D eigenvalue weighted by Gasteiger charge is 2.07. The second kappa shape index (κ2) is 8.09. The van der Waals surface area contributed by atoms with E-state index in [1.165, 1.54) is 0 Å². The maximum Gasteiger partial charge on any atom is 0.317 e. The van der Waals surface area contributed by atoms with Crippen LogP contribution in [0.4, 0.5) is 4.79 Å². The lowest BCUT2D eigenvalue weighted by molar-refractivity contribution is 0.210. The van der Waals surface area contributed by atoms with Gasteiger partial charge in [0.1, 0.15) is 0 Å².